The normalized spacial score (nSPS) is 18.0. The van der Waals surface area contributed by atoms with Crippen LogP contribution in [0.3, 0.4) is 0 Å². The molecule has 0 bridgehead atoms. The maximum Gasteiger partial charge on any atom is 0.0708 e. The van der Waals surface area contributed by atoms with E-state index < -0.39 is 0 Å². The number of allylic oxidation sites excluding steroid dienone is 4. The van der Waals surface area contributed by atoms with E-state index >= 15 is 0 Å². The van der Waals surface area contributed by atoms with Gasteiger partial charge in [0.1, 0.15) is 0 Å². The van der Waals surface area contributed by atoms with Crippen molar-refractivity contribution in [1.82, 2.24) is 0 Å². The van der Waals surface area contributed by atoms with Gasteiger partial charge in [0, 0.05) is 35.8 Å². The van der Waals surface area contributed by atoms with Crippen molar-refractivity contribution in [2.45, 2.75) is 0 Å². The Morgan fingerprint density at radius 1 is 0.913 bits per heavy atom. The average molecular weight is 412 g/mol. The molecular weight excluding hydrogens is 395 g/mol. The number of hydrogen-bond acceptors (Lipinski definition) is 2. The molecule has 2 aliphatic heterocycles. The highest BCUT2D eigenvalue weighted by Gasteiger charge is 2.13. The second-order valence-corrected chi connectivity index (χ2v) is 5.44. The Kier molecular flexibility index (Phi) is 4.48. The van der Waals surface area contributed by atoms with Gasteiger partial charge in [0.2, 0.25) is 0 Å². The number of aliphatic imine (C=N–C) groups is 1. The highest BCUT2D eigenvalue weighted by atomic mass is 127. The van der Waals surface area contributed by atoms with Crippen molar-refractivity contribution in [3.63, 3.8) is 0 Å². The van der Waals surface area contributed by atoms with Gasteiger partial charge in [-0.05, 0) is 29.8 Å². The van der Waals surface area contributed by atoms with Crippen LogP contribution in [0.5, 0.6) is 0 Å². The zero-order valence-electron chi connectivity index (χ0n) is 12.8. The molecule has 0 N–H and O–H groups in total. The number of anilines is 1. The minimum atomic E-state index is 0. The maximum atomic E-state index is 4.45. The van der Waals surface area contributed by atoms with E-state index in [0.717, 1.165) is 11.3 Å². The van der Waals surface area contributed by atoms with E-state index in [2.05, 4.69) is 77.6 Å². The molecule has 4 rings (SSSR count). The highest BCUT2D eigenvalue weighted by molar-refractivity contribution is 14.0. The van der Waals surface area contributed by atoms with E-state index in [1.165, 1.54) is 22.5 Å². The number of halogens is 1. The summed E-state index contributed by atoms with van der Waals surface area (Å²) in [6.45, 7) is 0. The molecule has 2 nitrogen and oxygen atoms in total. The molecule has 0 saturated heterocycles. The fourth-order valence-corrected chi connectivity index (χ4v) is 2.87. The lowest BCUT2D eigenvalue weighted by Crippen LogP contribution is -2.18. The quantitative estimate of drug-likeness (QED) is 0.569. The molecule has 0 fully saturated rings. The average Bonchev–Trinajstić information content (AvgIpc) is 2.98. The summed E-state index contributed by atoms with van der Waals surface area (Å²) in [5, 5.41) is 0. The van der Waals surface area contributed by atoms with Gasteiger partial charge >= 0.3 is 0 Å². The Balaban J connectivity index is 0.00000156. The van der Waals surface area contributed by atoms with Crippen LogP contribution in [0.15, 0.2) is 77.4 Å². The fraction of sp³-hybridized carbons (Fsp3) is 0.0500. The van der Waals surface area contributed by atoms with Crippen molar-refractivity contribution < 1.29 is 0 Å². The van der Waals surface area contributed by atoms with Crippen molar-refractivity contribution in [3.05, 3.63) is 83.6 Å². The van der Waals surface area contributed by atoms with Crippen molar-refractivity contribution in [1.29, 1.82) is 0 Å². The number of rotatable bonds is 1. The van der Waals surface area contributed by atoms with Crippen LogP contribution < -0.4 is 4.90 Å². The van der Waals surface area contributed by atoms with Crippen LogP contribution in [0.1, 0.15) is 11.1 Å². The van der Waals surface area contributed by atoms with E-state index in [0.29, 0.717) is 0 Å². The summed E-state index contributed by atoms with van der Waals surface area (Å²) < 4.78 is 0. The van der Waals surface area contributed by atoms with E-state index in [1.54, 1.807) is 0 Å². The van der Waals surface area contributed by atoms with Gasteiger partial charge in [0.05, 0.1) is 5.69 Å². The molecule has 2 aromatic rings. The first-order valence-corrected chi connectivity index (χ1v) is 7.39. The second-order valence-electron chi connectivity index (χ2n) is 5.44. The summed E-state index contributed by atoms with van der Waals surface area (Å²) >= 11 is 0. The standard InChI is InChI=1S/C20H16N2.HI/c1-22-17(12-10-15-6-2-5-9-20(15)22)13-11-16-14-21-19-8-4-3-7-18(16)19;/h2-14H,1H3;1H/b16-11+,17-13-;. The molecule has 0 aliphatic carbocycles. The Morgan fingerprint density at radius 2 is 1.70 bits per heavy atom. The number of fused-ring (bicyclic) bond motifs is 2. The third-order valence-corrected chi connectivity index (χ3v) is 4.11. The van der Waals surface area contributed by atoms with Crippen LogP contribution in [0.25, 0.3) is 11.6 Å². The van der Waals surface area contributed by atoms with Gasteiger partial charge in [-0.3, -0.25) is 4.99 Å². The van der Waals surface area contributed by atoms with Crippen molar-refractivity contribution >= 4 is 53.2 Å². The van der Waals surface area contributed by atoms with Crippen LogP contribution in [0.2, 0.25) is 0 Å². The van der Waals surface area contributed by atoms with Gasteiger partial charge in [-0.1, -0.05) is 48.6 Å². The molecule has 0 saturated carbocycles. The largest absolute Gasteiger partial charge is 0.344 e. The molecule has 0 radical (unpaired) electrons. The Hall–Kier alpha value is -2.14. The summed E-state index contributed by atoms with van der Waals surface area (Å²) in [5.74, 6) is 0. The molecule has 0 aromatic heterocycles. The summed E-state index contributed by atoms with van der Waals surface area (Å²) in [6, 6.07) is 16.7. The molecule has 0 amide bonds. The molecule has 3 heteroatoms. The van der Waals surface area contributed by atoms with Gasteiger partial charge in [-0.15, -0.1) is 24.0 Å². The molecule has 2 heterocycles. The van der Waals surface area contributed by atoms with E-state index in [9.17, 15) is 0 Å². The molecule has 2 aliphatic rings. The lowest BCUT2D eigenvalue weighted by Gasteiger charge is -2.26. The lowest BCUT2D eigenvalue weighted by atomic mass is 10.0. The first kappa shape index (κ1) is 15.7. The second kappa shape index (κ2) is 6.54. The Bertz CT molecular complexity index is 859. The maximum absolute atomic E-state index is 4.45. The first-order valence-electron chi connectivity index (χ1n) is 7.39. The van der Waals surface area contributed by atoms with Gasteiger partial charge in [0.15, 0.2) is 0 Å². The predicted octanol–water partition coefficient (Wildman–Crippen LogP) is 5.45. The summed E-state index contributed by atoms with van der Waals surface area (Å²) in [7, 11) is 2.10. The Labute approximate surface area is 153 Å². The molecule has 114 valence electrons. The third kappa shape index (κ3) is 2.88. The summed E-state index contributed by atoms with van der Waals surface area (Å²) in [5.41, 5.74) is 7.05. The van der Waals surface area contributed by atoms with Gasteiger partial charge < -0.3 is 4.90 Å². The van der Waals surface area contributed by atoms with E-state index in [-0.39, 0.29) is 24.0 Å². The number of hydrogen-bond donors (Lipinski definition) is 0. The topological polar surface area (TPSA) is 15.6 Å². The fourth-order valence-electron chi connectivity index (χ4n) is 2.87. The SMILES string of the molecule is CN1/C(=C\C=C2/C=Nc3ccccc32)C=Cc2ccccc21.I. The zero-order valence-corrected chi connectivity index (χ0v) is 15.1. The van der Waals surface area contributed by atoms with Crippen LogP contribution in [0.4, 0.5) is 11.4 Å². The van der Waals surface area contributed by atoms with Crippen LogP contribution in [0, 0.1) is 0 Å². The van der Waals surface area contributed by atoms with Gasteiger partial charge in [-0.2, -0.15) is 0 Å². The number of benzene rings is 2. The van der Waals surface area contributed by atoms with Gasteiger partial charge in [-0.25, -0.2) is 0 Å². The summed E-state index contributed by atoms with van der Waals surface area (Å²) in [6.07, 6.45) is 10.5. The number of nitrogens with zero attached hydrogens (tertiary/aromatic N) is 2. The van der Waals surface area contributed by atoms with Crippen molar-refractivity contribution in [3.8, 4) is 0 Å². The van der Waals surface area contributed by atoms with Crippen LogP contribution in [-0.2, 0) is 0 Å². The van der Waals surface area contributed by atoms with Crippen LogP contribution >= 0.6 is 24.0 Å². The molecule has 2 aromatic carbocycles. The smallest absolute Gasteiger partial charge is 0.0708 e. The molecule has 0 unspecified atom stereocenters. The first-order chi connectivity index (χ1) is 10.8. The van der Waals surface area contributed by atoms with Crippen LogP contribution in [-0.4, -0.2) is 13.3 Å². The lowest BCUT2D eigenvalue weighted by molar-refractivity contribution is 1.12. The molecular formula is C20H17IN2. The minimum Gasteiger partial charge on any atom is -0.344 e. The Morgan fingerprint density at radius 3 is 2.61 bits per heavy atom. The zero-order chi connectivity index (χ0) is 14.9. The number of para-hydroxylation sites is 2. The predicted molar refractivity (Wildman–Crippen MR) is 110 cm³/mol. The summed E-state index contributed by atoms with van der Waals surface area (Å²) in [4.78, 5) is 6.66. The van der Waals surface area contributed by atoms with Gasteiger partial charge in [0.25, 0.3) is 0 Å². The molecule has 0 atom stereocenters. The monoisotopic (exact) mass is 412 g/mol. The van der Waals surface area contributed by atoms with Crippen molar-refractivity contribution in [2.75, 3.05) is 11.9 Å². The third-order valence-electron chi connectivity index (χ3n) is 4.11. The van der Waals surface area contributed by atoms with E-state index in [4.69, 9.17) is 0 Å². The minimum absolute atomic E-state index is 0. The highest BCUT2D eigenvalue weighted by Crippen LogP contribution is 2.32. The van der Waals surface area contributed by atoms with E-state index in [1.807, 2.05) is 18.3 Å². The molecule has 0 spiro atoms. The number of likely N-dealkylation sites (N-methyl/N-ethyl adjacent to an activating group) is 1. The van der Waals surface area contributed by atoms with Crippen molar-refractivity contribution in [2.24, 2.45) is 4.99 Å². The molecule has 23 heavy (non-hydrogen) atoms.